The third-order valence-electron chi connectivity index (χ3n) is 3.61. The van der Waals surface area contributed by atoms with Crippen LogP contribution in [0.1, 0.15) is 32.8 Å². The minimum atomic E-state index is 1.06. The van der Waals surface area contributed by atoms with Gasteiger partial charge in [0.15, 0.2) is 0 Å². The molecule has 1 rings (SSSR count). The fraction of sp³-hybridized carbons (Fsp3) is 0.625. The molecule has 19 heavy (non-hydrogen) atoms. The molecule has 0 fully saturated rings. The zero-order valence-electron chi connectivity index (χ0n) is 12.5. The van der Waals surface area contributed by atoms with Gasteiger partial charge in [0, 0.05) is 11.0 Å². The summed E-state index contributed by atoms with van der Waals surface area (Å²) in [5.74, 6) is 0. The van der Waals surface area contributed by atoms with E-state index < -0.39 is 0 Å². The van der Waals surface area contributed by atoms with Crippen molar-refractivity contribution in [2.75, 3.05) is 32.7 Å². The van der Waals surface area contributed by atoms with Crippen molar-refractivity contribution in [3.63, 3.8) is 0 Å². The molecular weight excluding hydrogens is 300 g/mol. The first-order valence-corrected chi connectivity index (χ1v) is 8.18. The van der Waals surface area contributed by atoms with Crippen LogP contribution in [-0.2, 0) is 6.54 Å². The Kier molecular flexibility index (Phi) is 8.35. The summed E-state index contributed by atoms with van der Waals surface area (Å²) in [6.07, 6.45) is 1.26. The average Bonchev–Trinajstić information content (AvgIpc) is 2.44. The molecule has 0 unspecified atom stereocenters. The van der Waals surface area contributed by atoms with Crippen molar-refractivity contribution in [2.24, 2.45) is 0 Å². The molecule has 0 saturated heterocycles. The summed E-state index contributed by atoms with van der Waals surface area (Å²) in [6.45, 7) is 13.6. The molecule has 0 aliphatic carbocycles. The molecule has 108 valence electrons. The Morgan fingerprint density at radius 2 is 1.37 bits per heavy atom. The number of benzene rings is 1. The summed E-state index contributed by atoms with van der Waals surface area (Å²) in [6, 6.07) is 8.66. The molecule has 0 N–H and O–H groups in total. The second kappa shape index (κ2) is 9.51. The summed E-state index contributed by atoms with van der Waals surface area (Å²) >= 11 is 3.48. The van der Waals surface area contributed by atoms with Crippen molar-refractivity contribution in [3.05, 3.63) is 34.3 Å². The lowest BCUT2D eigenvalue weighted by Gasteiger charge is -2.23. The molecule has 0 saturated carbocycles. The van der Waals surface area contributed by atoms with E-state index in [2.05, 4.69) is 70.8 Å². The lowest BCUT2D eigenvalue weighted by Crippen LogP contribution is -2.29. The van der Waals surface area contributed by atoms with Gasteiger partial charge in [-0.1, -0.05) is 48.8 Å². The first-order valence-electron chi connectivity index (χ1n) is 7.38. The van der Waals surface area contributed by atoms with Crippen LogP contribution in [0.2, 0.25) is 0 Å². The van der Waals surface area contributed by atoms with Crippen molar-refractivity contribution in [1.29, 1.82) is 0 Å². The predicted molar refractivity (Wildman–Crippen MR) is 87.5 cm³/mol. The van der Waals surface area contributed by atoms with Gasteiger partial charge in [-0.3, -0.25) is 4.90 Å². The van der Waals surface area contributed by atoms with Crippen LogP contribution in [0.25, 0.3) is 0 Å². The van der Waals surface area contributed by atoms with E-state index >= 15 is 0 Å². The Morgan fingerprint density at radius 3 is 1.89 bits per heavy atom. The summed E-state index contributed by atoms with van der Waals surface area (Å²) in [5.41, 5.74) is 1.40. The first-order chi connectivity index (χ1) is 9.19. The molecule has 0 bridgehead atoms. The van der Waals surface area contributed by atoms with Crippen LogP contribution in [-0.4, -0.2) is 42.5 Å². The lowest BCUT2D eigenvalue weighted by molar-refractivity contribution is 0.238. The highest BCUT2D eigenvalue weighted by atomic mass is 79.9. The molecule has 0 amide bonds. The number of halogens is 1. The summed E-state index contributed by atoms with van der Waals surface area (Å²) in [5, 5.41) is 0. The number of rotatable bonds is 9. The van der Waals surface area contributed by atoms with Gasteiger partial charge < -0.3 is 4.90 Å². The van der Waals surface area contributed by atoms with E-state index in [1.807, 2.05) is 0 Å². The smallest absolute Gasteiger partial charge is 0.0233 e. The Bertz CT molecular complexity index is 333. The quantitative estimate of drug-likeness (QED) is 0.676. The predicted octanol–water partition coefficient (Wildman–Crippen LogP) is 4.00. The number of hydrogen-bond acceptors (Lipinski definition) is 2. The van der Waals surface area contributed by atoms with Crippen LogP contribution in [0.15, 0.2) is 28.7 Å². The lowest BCUT2D eigenvalue weighted by atomic mass is 10.2. The second-order valence-electron chi connectivity index (χ2n) is 4.88. The Balaban J connectivity index is 2.35. The van der Waals surface area contributed by atoms with Crippen LogP contribution in [0.3, 0.4) is 0 Å². The molecular formula is C16H27BrN2. The Labute approximate surface area is 126 Å². The summed E-state index contributed by atoms with van der Waals surface area (Å²) in [7, 11) is 0. The molecule has 1 aromatic carbocycles. The maximum Gasteiger partial charge on any atom is 0.0233 e. The van der Waals surface area contributed by atoms with Crippen molar-refractivity contribution in [3.8, 4) is 0 Å². The summed E-state index contributed by atoms with van der Waals surface area (Å²) < 4.78 is 1.15. The molecule has 0 radical (unpaired) electrons. The van der Waals surface area contributed by atoms with Crippen LogP contribution >= 0.6 is 15.9 Å². The maximum atomic E-state index is 3.48. The van der Waals surface area contributed by atoms with Crippen molar-refractivity contribution in [1.82, 2.24) is 9.80 Å². The van der Waals surface area contributed by atoms with Crippen molar-refractivity contribution >= 4 is 15.9 Å². The Morgan fingerprint density at radius 1 is 0.842 bits per heavy atom. The molecule has 0 aromatic heterocycles. The van der Waals surface area contributed by atoms with Crippen molar-refractivity contribution in [2.45, 2.75) is 33.7 Å². The minimum absolute atomic E-state index is 1.06. The average molecular weight is 327 g/mol. The molecule has 1 aromatic rings. The largest absolute Gasteiger partial charge is 0.304 e. The standard InChI is InChI=1S/C16H27BrN2/c1-4-18(5-2)12-7-13-19(6-3)14-15-8-10-16(17)11-9-15/h8-11H,4-7,12-14H2,1-3H3. The third-order valence-corrected chi connectivity index (χ3v) is 4.14. The van der Waals surface area contributed by atoms with Crippen LogP contribution in [0, 0.1) is 0 Å². The third kappa shape index (κ3) is 6.55. The topological polar surface area (TPSA) is 6.48 Å². The van der Waals surface area contributed by atoms with E-state index in [1.54, 1.807) is 0 Å². The van der Waals surface area contributed by atoms with Gasteiger partial charge in [-0.25, -0.2) is 0 Å². The van der Waals surface area contributed by atoms with Crippen molar-refractivity contribution < 1.29 is 0 Å². The molecule has 3 heteroatoms. The first kappa shape index (κ1) is 16.7. The molecule has 0 spiro atoms. The van der Waals surface area contributed by atoms with Gasteiger partial charge in [0.25, 0.3) is 0 Å². The summed E-state index contributed by atoms with van der Waals surface area (Å²) in [4.78, 5) is 5.01. The van der Waals surface area contributed by atoms with Gasteiger partial charge in [0.1, 0.15) is 0 Å². The zero-order chi connectivity index (χ0) is 14.1. The monoisotopic (exact) mass is 326 g/mol. The number of hydrogen-bond donors (Lipinski definition) is 0. The highest BCUT2D eigenvalue weighted by Gasteiger charge is 2.05. The van der Waals surface area contributed by atoms with Gasteiger partial charge in [0.05, 0.1) is 0 Å². The molecule has 0 heterocycles. The van der Waals surface area contributed by atoms with Crippen LogP contribution in [0.5, 0.6) is 0 Å². The van der Waals surface area contributed by atoms with E-state index in [0.29, 0.717) is 0 Å². The van der Waals surface area contributed by atoms with Crippen LogP contribution < -0.4 is 0 Å². The van der Waals surface area contributed by atoms with E-state index in [-0.39, 0.29) is 0 Å². The fourth-order valence-electron chi connectivity index (χ4n) is 2.25. The van der Waals surface area contributed by atoms with Gasteiger partial charge in [0.2, 0.25) is 0 Å². The molecule has 0 aliphatic heterocycles. The highest BCUT2D eigenvalue weighted by Crippen LogP contribution is 2.12. The zero-order valence-corrected chi connectivity index (χ0v) is 14.1. The fourth-order valence-corrected chi connectivity index (χ4v) is 2.52. The minimum Gasteiger partial charge on any atom is -0.304 e. The van der Waals surface area contributed by atoms with Gasteiger partial charge in [-0.05, 0) is 56.8 Å². The van der Waals surface area contributed by atoms with E-state index in [4.69, 9.17) is 0 Å². The van der Waals surface area contributed by atoms with Gasteiger partial charge in [-0.2, -0.15) is 0 Å². The van der Waals surface area contributed by atoms with Gasteiger partial charge >= 0.3 is 0 Å². The molecule has 0 aliphatic rings. The van der Waals surface area contributed by atoms with E-state index in [1.165, 1.54) is 25.1 Å². The Hall–Kier alpha value is -0.380. The molecule has 0 atom stereocenters. The highest BCUT2D eigenvalue weighted by molar-refractivity contribution is 9.10. The van der Waals surface area contributed by atoms with E-state index in [0.717, 1.165) is 30.7 Å². The normalized spacial score (nSPS) is 11.5. The molecule has 2 nitrogen and oxygen atoms in total. The van der Waals surface area contributed by atoms with Crippen LogP contribution in [0.4, 0.5) is 0 Å². The second-order valence-corrected chi connectivity index (χ2v) is 5.79. The maximum absolute atomic E-state index is 3.48. The van der Waals surface area contributed by atoms with E-state index in [9.17, 15) is 0 Å². The SMILES string of the molecule is CCN(CC)CCCN(CC)Cc1ccc(Br)cc1. The van der Waals surface area contributed by atoms with Gasteiger partial charge in [-0.15, -0.1) is 0 Å². The number of nitrogens with zero attached hydrogens (tertiary/aromatic N) is 2.